The monoisotopic (exact) mass is 440 g/mol. The second-order valence-corrected chi connectivity index (χ2v) is 6.50. The van der Waals surface area contributed by atoms with E-state index < -0.39 is 18.2 Å². The van der Waals surface area contributed by atoms with Crippen LogP contribution in [-0.4, -0.2) is 53.9 Å². The van der Waals surface area contributed by atoms with Gasteiger partial charge in [-0.05, 0) is 36.4 Å². The van der Waals surface area contributed by atoms with Gasteiger partial charge in [-0.15, -0.1) is 0 Å². The molecule has 2 aromatic carbocycles. The number of carboxylic acids is 2. The highest BCUT2D eigenvalue weighted by atomic mass is 16.5. The normalized spacial score (nSPS) is 10.6. The van der Waals surface area contributed by atoms with Gasteiger partial charge in [0.15, 0.2) is 6.29 Å². The molecule has 0 amide bonds. The van der Waals surface area contributed by atoms with E-state index in [0.717, 1.165) is 0 Å². The highest BCUT2D eigenvalue weighted by Gasteiger charge is 2.10. The number of aliphatic carboxylic acids is 1. The summed E-state index contributed by atoms with van der Waals surface area (Å²) in [5.41, 5.74) is 1.54. The molecule has 7 N–H and O–H groups in total. The van der Waals surface area contributed by atoms with E-state index in [1.54, 1.807) is 24.3 Å². The first-order chi connectivity index (χ1) is 15.3. The number of aliphatic hydroxyl groups is 2. The molecule has 0 radical (unpaired) electrons. The number of aliphatic hydroxyl groups excluding tert-OH is 1. The van der Waals surface area contributed by atoms with Crippen LogP contribution in [-0.2, 0) is 4.79 Å². The molecule has 0 spiro atoms. The molecule has 0 aliphatic carbocycles. The van der Waals surface area contributed by atoms with Crippen molar-refractivity contribution in [3.8, 4) is 0 Å². The zero-order valence-corrected chi connectivity index (χ0v) is 16.6. The van der Waals surface area contributed by atoms with Crippen molar-refractivity contribution in [3.63, 3.8) is 0 Å². The SMILES string of the molecule is O=C(O)CCNc1nc(Nc2ccc(C(=O)O)cc2)nc(Nc2ccc(C(O)O)cc2)n1. The molecule has 1 aromatic heterocycles. The van der Waals surface area contributed by atoms with Crippen molar-refractivity contribution in [1.82, 2.24) is 15.0 Å². The molecule has 0 atom stereocenters. The summed E-state index contributed by atoms with van der Waals surface area (Å²) in [6.07, 6.45) is -1.73. The average Bonchev–Trinajstić information content (AvgIpc) is 2.74. The van der Waals surface area contributed by atoms with Gasteiger partial charge < -0.3 is 36.4 Å². The standard InChI is InChI=1S/C20H20N6O6/c27-15(28)9-10-21-18-24-19(22-13-5-1-11(2-6-13)16(29)30)26-20(25-18)23-14-7-3-12(4-8-14)17(31)32/h1-8,16,29-30H,9-10H2,(H,27,28)(H,31,32)(H3,21,22,23,24,25,26). The van der Waals surface area contributed by atoms with Gasteiger partial charge in [0.05, 0.1) is 12.0 Å². The van der Waals surface area contributed by atoms with Gasteiger partial charge in [-0.3, -0.25) is 4.79 Å². The third-order valence-electron chi connectivity index (χ3n) is 4.11. The lowest BCUT2D eigenvalue weighted by Crippen LogP contribution is -2.12. The van der Waals surface area contributed by atoms with Crippen molar-refractivity contribution in [1.29, 1.82) is 0 Å². The summed E-state index contributed by atoms with van der Waals surface area (Å²) in [6.45, 7) is 0.0919. The Kier molecular flexibility index (Phi) is 7.10. The van der Waals surface area contributed by atoms with Gasteiger partial charge in [-0.1, -0.05) is 12.1 Å². The van der Waals surface area contributed by atoms with Crippen molar-refractivity contribution in [2.24, 2.45) is 0 Å². The molecule has 0 fully saturated rings. The number of aromatic nitrogens is 3. The molecule has 12 nitrogen and oxygen atoms in total. The molecule has 0 aliphatic heterocycles. The summed E-state index contributed by atoms with van der Waals surface area (Å²) >= 11 is 0. The van der Waals surface area contributed by atoms with E-state index in [0.29, 0.717) is 16.9 Å². The largest absolute Gasteiger partial charge is 0.481 e. The molecule has 12 heteroatoms. The van der Waals surface area contributed by atoms with Crippen molar-refractivity contribution < 1.29 is 30.0 Å². The first kappa shape index (κ1) is 22.4. The molecule has 3 rings (SSSR count). The predicted octanol–water partition coefficient (Wildman–Crippen LogP) is 1.93. The number of anilines is 5. The summed E-state index contributed by atoms with van der Waals surface area (Å²) in [6, 6.07) is 12.2. The highest BCUT2D eigenvalue weighted by Crippen LogP contribution is 2.20. The average molecular weight is 440 g/mol. The number of hydrogen-bond donors (Lipinski definition) is 7. The number of aromatic carboxylic acids is 1. The topological polar surface area (TPSA) is 190 Å². The number of benzene rings is 2. The predicted molar refractivity (Wildman–Crippen MR) is 114 cm³/mol. The maximum atomic E-state index is 11.0. The van der Waals surface area contributed by atoms with Gasteiger partial charge in [0.25, 0.3) is 0 Å². The molecule has 0 aliphatic rings. The number of nitrogens with one attached hydrogen (secondary N) is 3. The summed E-state index contributed by atoms with van der Waals surface area (Å²) < 4.78 is 0. The third-order valence-corrected chi connectivity index (χ3v) is 4.11. The van der Waals surface area contributed by atoms with E-state index in [4.69, 9.17) is 10.2 Å². The first-order valence-corrected chi connectivity index (χ1v) is 9.35. The van der Waals surface area contributed by atoms with Crippen LogP contribution in [0, 0.1) is 0 Å². The first-order valence-electron chi connectivity index (χ1n) is 9.35. The van der Waals surface area contributed by atoms with Crippen LogP contribution in [0.1, 0.15) is 28.6 Å². The molecule has 0 bridgehead atoms. The fraction of sp³-hybridized carbons (Fsp3) is 0.150. The zero-order valence-electron chi connectivity index (χ0n) is 16.6. The van der Waals surface area contributed by atoms with E-state index in [1.807, 2.05) is 0 Å². The Morgan fingerprint density at radius 2 is 1.28 bits per heavy atom. The summed E-state index contributed by atoms with van der Waals surface area (Å²) in [7, 11) is 0. The molecule has 166 valence electrons. The minimum Gasteiger partial charge on any atom is -0.481 e. The summed E-state index contributed by atoms with van der Waals surface area (Å²) in [5.74, 6) is -1.64. The van der Waals surface area contributed by atoms with Crippen LogP contribution in [0.15, 0.2) is 48.5 Å². The van der Waals surface area contributed by atoms with Crippen molar-refractivity contribution in [2.75, 3.05) is 22.5 Å². The van der Waals surface area contributed by atoms with Crippen LogP contribution in [0.25, 0.3) is 0 Å². The molecule has 3 aromatic rings. The van der Waals surface area contributed by atoms with Gasteiger partial charge in [0.1, 0.15) is 0 Å². The lowest BCUT2D eigenvalue weighted by Gasteiger charge is -2.12. The quantitative estimate of drug-likeness (QED) is 0.227. The molecule has 0 unspecified atom stereocenters. The Balaban J connectivity index is 1.82. The molecular weight excluding hydrogens is 420 g/mol. The van der Waals surface area contributed by atoms with Crippen LogP contribution >= 0.6 is 0 Å². The molecule has 0 saturated heterocycles. The van der Waals surface area contributed by atoms with E-state index in [2.05, 4.69) is 30.9 Å². The molecular formula is C20H20N6O6. The van der Waals surface area contributed by atoms with Gasteiger partial charge >= 0.3 is 11.9 Å². The highest BCUT2D eigenvalue weighted by molar-refractivity contribution is 5.88. The fourth-order valence-corrected chi connectivity index (χ4v) is 2.54. The van der Waals surface area contributed by atoms with Crippen LogP contribution in [0.3, 0.4) is 0 Å². The lowest BCUT2D eigenvalue weighted by atomic mass is 10.2. The van der Waals surface area contributed by atoms with Crippen LogP contribution in [0.5, 0.6) is 0 Å². The number of rotatable bonds is 10. The van der Waals surface area contributed by atoms with E-state index in [9.17, 15) is 19.8 Å². The third kappa shape index (κ3) is 6.35. The van der Waals surface area contributed by atoms with Gasteiger partial charge in [-0.2, -0.15) is 15.0 Å². The Morgan fingerprint density at radius 3 is 1.75 bits per heavy atom. The Morgan fingerprint density at radius 1 is 0.781 bits per heavy atom. The Hall–Kier alpha value is -4.29. The van der Waals surface area contributed by atoms with E-state index in [-0.39, 0.29) is 36.4 Å². The van der Waals surface area contributed by atoms with Gasteiger partial charge in [-0.25, -0.2) is 4.79 Å². The number of hydrogen-bond acceptors (Lipinski definition) is 10. The molecule has 0 saturated carbocycles. The summed E-state index contributed by atoms with van der Waals surface area (Å²) in [4.78, 5) is 34.4. The van der Waals surface area contributed by atoms with Crippen molar-refractivity contribution in [3.05, 3.63) is 59.7 Å². The zero-order chi connectivity index (χ0) is 23.1. The van der Waals surface area contributed by atoms with Gasteiger partial charge in [0.2, 0.25) is 17.8 Å². The minimum atomic E-state index is -1.59. The summed E-state index contributed by atoms with van der Waals surface area (Å²) in [5, 5.41) is 44.9. The number of nitrogens with zero attached hydrogens (tertiary/aromatic N) is 3. The number of carboxylic acid groups (broad SMARTS) is 2. The second-order valence-electron chi connectivity index (χ2n) is 6.50. The van der Waals surface area contributed by atoms with Crippen molar-refractivity contribution in [2.45, 2.75) is 12.7 Å². The molecule has 1 heterocycles. The molecule has 32 heavy (non-hydrogen) atoms. The van der Waals surface area contributed by atoms with Crippen molar-refractivity contribution >= 4 is 41.2 Å². The fourth-order valence-electron chi connectivity index (χ4n) is 2.54. The number of carbonyl (C=O) groups is 2. The Bertz CT molecular complexity index is 1090. The maximum absolute atomic E-state index is 11.0. The second kappa shape index (κ2) is 10.1. The smallest absolute Gasteiger partial charge is 0.335 e. The van der Waals surface area contributed by atoms with Crippen LogP contribution in [0.4, 0.5) is 29.2 Å². The van der Waals surface area contributed by atoms with Crippen LogP contribution in [0.2, 0.25) is 0 Å². The maximum Gasteiger partial charge on any atom is 0.335 e. The minimum absolute atomic E-state index is 0.0919. The van der Waals surface area contributed by atoms with Crippen LogP contribution < -0.4 is 16.0 Å². The Labute approximate surface area is 181 Å². The van der Waals surface area contributed by atoms with E-state index >= 15 is 0 Å². The van der Waals surface area contributed by atoms with Gasteiger partial charge in [0, 0.05) is 23.5 Å². The van der Waals surface area contributed by atoms with E-state index in [1.165, 1.54) is 24.3 Å². The lowest BCUT2D eigenvalue weighted by molar-refractivity contribution is -0.136.